The van der Waals surface area contributed by atoms with E-state index in [1.54, 1.807) is 20.4 Å². The molecule has 1 aromatic heterocycles. The minimum atomic E-state index is 0.556. The molecule has 0 radical (unpaired) electrons. The number of hydrogen-bond acceptors (Lipinski definition) is 5. The van der Waals surface area contributed by atoms with Crippen molar-refractivity contribution in [1.29, 1.82) is 0 Å². The van der Waals surface area contributed by atoms with Crippen molar-refractivity contribution < 1.29 is 9.47 Å². The number of ether oxygens (including phenoxy) is 2. The Labute approximate surface area is 102 Å². The summed E-state index contributed by atoms with van der Waals surface area (Å²) in [6.45, 7) is 5.10. The standard InChI is InChI=1S/C12H19N3O2/c1-16-11-10(3-4-14-12(11)17-2)9-15-7-5-13-6-8-15/h3-4,13H,5-9H2,1-2H3. The third-order valence-corrected chi connectivity index (χ3v) is 2.95. The second kappa shape index (κ2) is 5.84. The van der Waals surface area contributed by atoms with Gasteiger partial charge in [-0.05, 0) is 6.07 Å². The maximum absolute atomic E-state index is 5.38. The van der Waals surface area contributed by atoms with E-state index in [0.29, 0.717) is 5.88 Å². The van der Waals surface area contributed by atoms with Crippen LogP contribution in [0, 0.1) is 0 Å². The van der Waals surface area contributed by atoms with Gasteiger partial charge in [0.1, 0.15) is 0 Å². The van der Waals surface area contributed by atoms with E-state index in [1.165, 1.54) is 0 Å². The molecule has 1 aliphatic rings. The van der Waals surface area contributed by atoms with Crippen molar-refractivity contribution >= 4 is 0 Å². The van der Waals surface area contributed by atoms with Crippen molar-refractivity contribution in [2.24, 2.45) is 0 Å². The van der Waals surface area contributed by atoms with Crippen molar-refractivity contribution in [3.63, 3.8) is 0 Å². The molecular formula is C12H19N3O2. The molecule has 1 aliphatic heterocycles. The molecule has 1 aromatic rings. The Kier molecular flexibility index (Phi) is 4.17. The van der Waals surface area contributed by atoms with Gasteiger partial charge in [-0.2, -0.15) is 0 Å². The summed E-state index contributed by atoms with van der Waals surface area (Å²) in [4.78, 5) is 6.54. The van der Waals surface area contributed by atoms with Gasteiger partial charge in [-0.15, -0.1) is 0 Å². The zero-order valence-electron chi connectivity index (χ0n) is 10.4. The zero-order valence-corrected chi connectivity index (χ0v) is 10.4. The zero-order chi connectivity index (χ0) is 12.1. The van der Waals surface area contributed by atoms with Crippen LogP contribution in [-0.4, -0.2) is 50.3 Å². The van der Waals surface area contributed by atoms with Crippen molar-refractivity contribution in [3.8, 4) is 11.6 Å². The Bertz CT molecular complexity index is 365. The highest BCUT2D eigenvalue weighted by Gasteiger charge is 2.15. The molecular weight excluding hydrogens is 218 g/mol. The van der Waals surface area contributed by atoms with Crippen LogP contribution in [-0.2, 0) is 6.54 Å². The van der Waals surface area contributed by atoms with Gasteiger partial charge in [0, 0.05) is 44.5 Å². The lowest BCUT2D eigenvalue weighted by molar-refractivity contribution is 0.228. The summed E-state index contributed by atoms with van der Waals surface area (Å²) in [7, 11) is 3.26. The number of methoxy groups -OCH3 is 2. The van der Waals surface area contributed by atoms with E-state index < -0.39 is 0 Å². The first kappa shape index (κ1) is 12.1. The summed E-state index contributed by atoms with van der Waals surface area (Å²) in [6.07, 6.45) is 1.76. The topological polar surface area (TPSA) is 46.6 Å². The number of pyridine rings is 1. The summed E-state index contributed by atoms with van der Waals surface area (Å²) in [6, 6.07) is 1.99. The highest BCUT2D eigenvalue weighted by molar-refractivity contribution is 5.41. The average Bonchev–Trinajstić information content (AvgIpc) is 2.39. The number of rotatable bonds is 4. The van der Waals surface area contributed by atoms with Gasteiger partial charge in [0.05, 0.1) is 14.2 Å². The molecule has 17 heavy (non-hydrogen) atoms. The van der Waals surface area contributed by atoms with Gasteiger partial charge >= 0.3 is 0 Å². The molecule has 1 N–H and O–H groups in total. The van der Waals surface area contributed by atoms with E-state index in [1.807, 2.05) is 6.07 Å². The summed E-state index contributed by atoms with van der Waals surface area (Å²) < 4.78 is 10.6. The number of nitrogens with one attached hydrogen (secondary N) is 1. The second-order valence-electron chi connectivity index (χ2n) is 4.04. The molecule has 0 bridgehead atoms. The van der Waals surface area contributed by atoms with E-state index in [0.717, 1.165) is 44.0 Å². The summed E-state index contributed by atoms with van der Waals surface area (Å²) in [5, 5.41) is 3.34. The second-order valence-corrected chi connectivity index (χ2v) is 4.04. The number of hydrogen-bond donors (Lipinski definition) is 1. The Balaban J connectivity index is 2.13. The SMILES string of the molecule is COc1nccc(CN2CCNCC2)c1OC. The van der Waals surface area contributed by atoms with Crippen LogP contribution in [0.1, 0.15) is 5.56 Å². The predicted octanol–water partition coefficient (Wildman–Crippen LogP) is 0.504. The minimum absolute atomic E-state index is 0.556. The number of aromatic nitrogens is 1. The molecule has 0 atom stereocenters. The lowest BCUT2D eigenvalue weighted by atomic mass is 10.2. The fourth-order valence-corrected chi connectivity index (χ4v) is 2.07. The largest absolute Gasteiger partial charge is 0.491 e. The maximum atomic E-state index is 5.38. The van der Waals surface area contributed by atoms with Crippen LogP contribution in [0.5, 0.6) is 11.6 Å². The van der Waals surface area contributed by atoms with Gasteiger partial charge in [0.2, 0.25) is 0 Å². The normalized spacial score (nSPS) is 16.8. The van der Waals surface area contributed by atoms with E-state index in [4.69, 9.17) is 9.47 Å². The fourth-order valence-electron chi connectivity index (χ4n) is 2.07. The molecule has 1 fully saturated rings. The van der Waals surface area contributed by atoms with Crippen LogP contribution in [0.3, 0.4) is 0 Å². The Morgan fingerprint density at radius 3 is 2.71 bits per heavy atom. The van der Waals surface area contributed by atoms with Crippen LogP contribution in [0.4, 0.5) is 0 Å². The molecule has 1 saturated heterocycles. The monoisotopic (exact) mass is 237 g/mol. The van der Waals surface area contributed by atoms with Crippen molar-refractivity contribution in [3.05, 3.63) is 17.8 Å². The fraction of sp³-hybridized carbons (Fsp3) is 0.583. The molecule has 0 unspecified atom stereocenters. The summed E-state index contributed by atoms with van der Waals surface area (Å²) in [5.41, 5.74) is 1.13. The Hall–Kier alpha value is -1.33. The minimum Gasteiger partial charge on any atom is -0.491 e. The van der Waals surface area contributed by atoms with Crippen LogP contribution in [0.2, 0.25) is 0 Å². The van der Waals surface area contributed by atoms with E-state index in [-0.39, 0.29) is 0 Å². The molecule has 5 heteroatoms. The van der Waals surface area contributed by atoms with Gasteiger partial charge < -0.3 is 14.8 Å². The molecule has 94 valence electrons. The van der Waals surface area contributed by atoms with Crippen molar-refractivity contribution in [1.82, 2.24) is 15.2 Å². The summed E-state index contributed by atoms with van der Waals surface area (Å²) in [5.74, 6) is 1.30. The van der Waals surface area contributed by atoms with Crippen LogP contribution < -0.4 is 14.8 Å². The maximum Gasteiger partial charge on any atom is 0.257 e. The molecule has 0 amide bonds. The Morgan fingerprint density at radius 2 is 2.06 bits per heavy atom. The molecule has 0 aliphatic carbocycles. The molecule has 2 heterocycles. The summed E-state index contributed by atoms with van der Waals surface area (Å²) >= 11 is 0. The molecule has 0 saturated carbocycles. The van der Waals surface area contributed by atoms with Crippen molar-refractivity contribution in [2.45, 2.75) is 6.54 Å². The van der Waals surface area contributed by atoms with E-state index in [2.05, 4.69) is 15.2 Å². The van der Waals surface area contributed by atoms with Gasteiger partial charge in [-0.25, -0.2) is 4.98 Å². The molecule has 5 nitrogen and oxygen atoms in total. The third kappa shape index (κ3) is 2.87. The third-order valence-electron chi connectivity index (χ3n) is 2.95. The van der Waals surface area contributed by atoms with Gasteiger partial charge in [-0.1, -0.05) is 0 Å². The first-order valence-corrected chi connectivity index (χ1v) is 5.84. The first-order chi connectivity index (χ1) is 8.35. The quantitative estimate of drug-likeness (QED) is 0.826. The lowest BCUT2D eigenvalue weighted by Crippen LogP contribution is -2.42. The first-order valence-electron chi connectivity index (χ1n) is 5.84. The van der Waals surface area contributed by atoms with E-state index in [9.17, 15) is 0 Å². The van der Waals surface area contributed by atoms with Gasteiger partial charge in [0.25, 0.3) is 5.88 Å². The predicted molar refractivity (Wildman–Crippen MR) is 65.5 cm³/mol. The van der Waals surface area contributed by atoms with Crippen LogP contribution >= 0.6 is 0 Å². The highest BCUT2D eigenvalue weighted by Crippen LogP contribution is 2.29. The Morgan fingerprint density at radius 1 is 1.29 bits per heavy atom. The number of piperazine rings is 1. The van der Waals surface area contributed by atoms with Crippen molar-refractivity contribution in [2.75, 3.05) is 40.4 Å². The van der Waals surface area contributed by atoms with Crippen LogP contribution in [0.25, 0.3) is 0 Å². The smallest absolute Gasteiger partial charge is 0.257 e. The number of nitrogens with zero attached hydrogens (tertiary/aromatic N) is 2. The lowest BCUT2D eigenvalue weighted by Gasteiger charge is -2.27. The molecule has 0 spiro atoms. The van der Waals surface area contributed by atoms with E-state index >= 15 is 0 Å². The van der Waals surface area contributed by atoms with Gasteiger partial charge in [0.15, 0.2) is 5.75 Å². The average molecular weight is 237 g/mol. The van der Waals surface area contributed by atoms with Gasteiger partial charge in [-0.3, -0.25) is 4.90 Å². The highest BCUT2D eigenvalue weighted by atomic mass is 16.5. The molecule has 0 aromatic carbocycles. The molecule has 2 rings (SSSR count). The van der Waals surface area contributed by atoms with Crippen LogP contribution in [0.15, 0.2) is 12.3 Å².